The van der Waals surface area contributed by atoms with Crippen molar-refractivity contribution in [2.75, 3.05) is 11.9 Å². The molecule has 2 heterocycles. The molecular formula is C21H24N4O2. The van der Waals surface area contributed by atoms with E-state index in [0.29, 0.717) is 23.7 Å². The molecule has 1 aromatic carbocycles. The number of aromatic nitrogens is 2. The van der Waals surface area contributed by atoms with E-state index in [2.05, 4.69) is 22.5 Å². The number of nitrogens with zero attached hydrogens (tertiary/aromatic N) is 2. The van der Waals surface area contributed by atoms with E-state index in [1.54, 1.807) is 22.7 Å². The Bertz CT molecular complexity index is 958. The highest BCUT2D eigenvalue weighted by Crippen LogP contribution is 2.16. The molecule has 0 bridgehead atoms. The van der Waals surface area contributed by atoms with Gasteiger partial charge in [-0.25, -0.2) is 4.98 Å². The van der Waals surface area contributed by atoms with Crippen LogP contribution in [0.1, 0.15) is 47.4 Å². The Balaban J connectivity index is 1.89. The maximum absolute atomic E-state index is 12.8. The van der Waals surface area contributed by atoms with Crippen LogP contribution in [0, 0.1) is 5.92 Å². The first-order chi connectivity index (χ1) is 13.0. The minimum absolute atomic E-state index is 0.180. The van der Waals surface area contributed by atoms with E-state index < -0.39 is 0 Å². The first-order valence-corrected chi connectivity index (χ1v) is 9.15. The number of benzene rings is 1. The molecule has 3 aromatic rings. The zero-order valence-electron chi connectivity index (χ0n) is 15.8. The summed E-state index contributed by atoms with van der Waals surface area (Å²) in [6.07, 6.45) is 2.67. The molecule has 0 unspecified atom stereocenters. The van der Waals surface area contributed by atoms with E-state index in [1.807, 2.05) is 44.2 Å². The van der Waals surface area contributed by atoms with Gasteiger partial charge in [0.05, 0.1) is 5.52 Å². The minimum Gasteiger partial charge on any atom is -0.350 e. The molecule has 0 spiro atoms. The molecule has 0 radical (unpaired) electrons. The largest absolute Gasteiger partial charge is 0.350 e. The number of aryl methyl sites for hydroxylation is 1. The second kappa shape index (κ2) is 8.03. The summed E-state index contributed by atoms with van der Waals surface area (Å²) >= 11 is 0. The van der Waals surface area contributed by atoms with Crippen molar-refractivity contribution in [2.24, 2.45) is 5.92 Å². The maximum Gasteiger partial charge on any atom is 0.292 e. The second-order valence-corrected chi connectivity index (χ2v) is 6.85. The summed E-state index contributed by atoms with van der Waals surface area (Å²) in [5.74, 6) is -0.126. The number of carbonyl (C=O) groups excluding carboxylic acids is 2. The van der Waals surface area contributed by atoms with Crippen LogP contribution in [0.25, 0.3) is 5.52 Å². The number of hydrogen-bond acceptors (Lipinski definition) is 3. The summed E-state index contributed by atoms with van der Waals surface area (Å²) in [5, 5.41) is 5.71. The molecule has 2 amide bonds. The zero-order valence-corrected chi connectivity index (χ0v) is 15.8. The Morgan fingerprint density at radius 3 is 2.48 bits per heavy atom. The van der Waals surface area contributed by atoms with Gasteiger partial charge in [0.2, 0.25) is 5.82 Å². The fourth-order valence-electron chi connectivity index (χ4n) is 2.76. The van der Waals surface area contributed by atoms with Crippen molar-refractivity contribution < 1.29 is 9.59 Å². The van der Waals surface area contributed by atoms with Gasteiger partial charge < -0.3 is 10.6 Å². The third kappa shape index (κ3) is 4.16. The Labute approximate surface area is 158 Å². The lowest BCUT2D eigenvalue weighted by Gasteiger charge is -2.05. The highest BCUT2D eigenvalue weighted by Gasteiger charge is 2.21. The Kier molecular flexibility index (Phi) is 5.54. The zero-order chi connectivity index (χ0) is 19.4. The van der Waals surface area contributed by atoms with Gasteiger partial charge in [-0.15, -0.1) is 0 Å². The van der Waals surface area contributed by atoms with Crippen molar-refractivity contribution in [3.8, 4) is 0 Å². The summed E-state index contributed by atoms with van der Waals surface area (Å²) in [6.45, 7) is 6.68. The summed E-state index contributed by atoms with van der Waals surface area (Å²) < 4.78 is 1.64. The standard InChI is InChI=1S/C21H24N4O2/c1-4-15-8-10-16(11-9-15)23-21(27)19-24-18(20(26)22-13-14(2)3)17-7-5-6-12-25(17)19/h5-12,14H,4,13H2,1-3H3,(H,22,26)(H,23,27). The molecule has 0 saturated carbocycles. The Hall–Kier alpha value is -3.15. The van der Waals surface area contributed by atoms with Crippen LogP contribution in [0.15, 0.2) is 48.7 Å². The van der Waals surface area contributed by atoms with Gasteiger partial charge in [-0.3, -0.25) is 14.0 Å². The molecule has 0 saturated heterocycles. The van der Waals surface area contributed by atoms with E-state index in [4.69, 9.17) is 0 Å². The van der Waals surface area contributed by atoms with Crippen molar-refractivity contribution in [1.82, 2.24) is 14.7 Å². The average Bonchev–Trinajstić information content (AvgIpc) is 3.06. The quantitative estimate of drug-likeness (QED) is 0.702. The normalized spacial score (nSPS) is 11.0. The molecule has 0 aliphatic carbocycles. The number of fused-ring (bicyclic) bond motifs is 1. The maximum atomic E-state index is 12.8. The van der Waals surface area contributed by atoms with Crippen molar-refractivity contribution in [1.29, 1.82) is 0 Å². The molecule has 0 fully saturated rings. The van der Waals surface area contributed by atoms with E-state index in [0.717, 1.165) is 6.42 Å². The lowest BCUT2D eigenvalue weighted by atomic mass is 10.1. The molecule has 6 heteroatoms. The van der Waals surface area contributed by atoms with Crippen LogP contribution in [0.2, 0.25) is 0 Å². The van der Waals surface area contributed by atoms with Gasteiger partial charge in [0.15, 0.2) is 5.69 Å². The predicted molar refractivity (Wildman–Crippen MR) is 106 cm³/mol. The van der Waals surface area contributed by atoms with Gasteiger partial charge in [0.25, 0.3) is 11.8 Å². The van der Waals surface area contributed by atoms with Crippen LogP contribution in [-0.2, 0) is 6.42 Å². The minimum atomic E-state index is -0.358. The van der Waals surface area contributed by atoms with E-state index in [-0.39, 0.29) is 23.3 Å². The summed E-state index contributed by atoms with van der Waals surface area (Å²) in [6, 6.07) is 13.1. The summed E-state index contributed by atoms with van der Waals surface area (Å²) in [5.41, 5.74) is 2.74. The van der Waals surface area contributed by atoms with E-state index in [1.165, 1.54) is 5.56 Å². The average molecular weight is 364 g/mol. The van der Waals surface area contributed by atoms with Gasteiger partial charge in [-0.1, -0.05) is 39.0 Å². The van der Waals surface area contributed by atoms with Crippen molar-refractivity contribution in [3.05, 3.63) is 65.7 Å². The second-order valence-electron chi connectivity index (χ2n) is 6.85. The highest BCUT2D eigenvalue weighted by molar-refractivity contribution is 6.06. The summed E-state index contributed by atoms with van der Waals surface area (Å²) in [4.78, 5) is 29.6. The van der Waals surface area contributed by atoms with Crippen LogP contribution >= 0.6 is 0 Å². The highest BCUT2D eigenvalue weighted by atomic mass is 16.2. The lowest BCUT2D eigenvalue weighted by molar-refractivity contribution is 0.0946. The SMILES string of the molecule is CCc1ccc(NC(=O)c2nc(C(=O)NCC(C)C)c3ccccn23)cc1. The predicted octanol–water partition coefficient (Wildman–Crippen LogP) is 3.53. The number of anilines is 1. The van der Waals surface area contributed by atoms with Gasteiger partial charge in [0, 0.05) is 18.4 Å². The van der Waals surface area contributed by atoms with E-state index >= 15 is 0 Å². The lowest BCUT2D eigenvalue weighted by Crippen LogP contribution is -2.27. The number of pyridine rings is 1. The van der Waals surface area contributed by atoms with Crippen LogP contribution < -0.4 is 10.6 Å². The van der Waals surface area contributed by atoms with Gasteiger partial charge in [0.1, 0.15) is 0 Å². The first kappa shape index (κ1) is 18.6. The van der Waals surface area contributed by atoms with Crippen molar-refractivity contribution in [3.63, 3.8) is 0 Å². The number of hydrogen-bond donors (Lipinski definition) is 2. The number of nitrogens with one attached hydrogen (secondary N) is 2. The van der Waals surface area contributed by atoms with E-state index in [9.17, 15) is 9.59 Å². The third-order valence-electron chi connectivity index (χ3n) is 4.26. The molecule has 2 N–H and O–H groups in total. The summed E-state index contributed by atoms with van der Waals surface area (Å²) in [7, 11) is 0. The molecule has 140 valence electrons. The number of rotatable bonds is 6. The smallest absolute Gasteiger partial charge is 0.292 e. The first-order valence-electron chi connectivity index (χ1n) is 9.15. The fourth-order valence-corrected chi connectivity index (χ4v) is 2.76. The van der Waals surface area contributed by atoms with Gasteiger partial charge in [-0.05, 0) is 42.2 Å². The van der Waals surface area contributed by atoms with Crippen LogP contribution in [0.4, 0.5) is 5.69 Å². The van der Waals surface area contributed by atoms with Gasteiger partial charge in [-0.2, -0.15) is 0 Å². The molecule has 3 rings (SSSR count). The van der Waals surface area contributed by atoms with Crippen LogP contribution in [0.3, 0.4) is 0 Å². The van der Waals surface area contributed by atoms with Crippen molar-refractivity contribution >= 4 is 23.0 Å². The van der Waals surface area contributed by atoms with Gasteiger partial charge >= 0.3 is 0 Å². The number of amides is 2. The molecule has 0 atom stereocenters. The monoisotopic (exact) mass is 364 g/mol. The van der Waals surface area contributed by atoms with Crippen LogP contribution in [-0.4, -0.2) is 27.7 Å². The molecule has 0 aliphatic rings. The molecule has 0 aliphatic heterocycles. The molecule has 6 nitrogen and oxygen atoms in total. The van der Waals surface area contributed by atoms with Crippen LogP contribution in [0.5, 0.6) is 0 Å². The fraction of sp³-hybridized carbons (Fsp3) is 0.286. The Morgan fingerprint density at radius 2 is 1.81 bits per heavy atom. The third-order valence-corrected chi connectivity index (χ3v) is 4.26. The van der Waals surface area contributed by atoms with Crippen molar-refractivity contribution in [2.45, 2.75) is 27.2 Å². The molecule has 2 aromatic heterocycles. The number of imidazole rings is 1. The Morgan fingerprint density at radius 1 is 1.07 bits per heavy atom. The molecular weight excluding hydrogens is 340 g/mol. The number of carbonyl (C=O) groups is 2. The molecule has 27 heavy (non-hydrogen) atoms. The topological polar surface area (TPSA) is 75.5 Å².